The summed E-state index contributed by atoms with van der Waals surface area (Å²) in [5.74, 6) is 0.840. The van der Waals surface area contributed by atoms with Crippen LogP contribution in [0.15, 0.2) is 24.3 Å². The van der Waals surface area contributed by atoms with Crippen LogP contribution in [0.25, 0.3) is 10.8 Å². The van der Waals surface area contributed by atoms with Crippen LogP contribution in [-0.4, -0.2) is 32.1 Å². The van der Waals surface area contributed by atoms with Gasteiger partial charge in [-0.2, -0.15) is 0 Å². The highest BCUT2D eigenvalue weighted by atomic mass is 16.7. The van der Waals surface area contributed by atoms with E-state index in [0.717, 1.165) is 0 Å². The minimum Gasteiger partial charge on any atom is -0.490 e. The largest absolute Gasteiger partial charge is 0.513 e. The first-order valence-electron chi connectivity index (χ1n) is 9.40. The summed E-state index contributed by atoms with van der Waals surface area (Å²) in [7, 11) is 0. The van der Waals surface area contributed by atoms with E-state index >= 15 is 0 Å². The maximum absolute atomic E-state index is 12.1. The fourth-order valence-corrected chi connectivity index (χ4v) is 2.62. The second-order valence-electron chi connectivity index (χ2n) is 5.99. The van der Waals surface area contributed by atoms with Gasteiger partial charge in [-0.05, 0) is 26.7 Å². The molecule has 2 aromatic carbocycles. The molecule has 0 aliphatic rings. The highest BCUT2D eigenvalue weighted by Gasteiger charge is 2.24. The van der Waals surface area contributed by atoms with Crippen molar-refractivity contribution in [3.05, 3.63) is 29.8 Å². The molecule has 0 amide bonds. The van der Waals surface area contributed by atoms with E-state index in [4.69, 9.17) is 23.7 Å². The molecular formula is C21H26O7. The van der Waals surface area contributed by atoms with Crippen molar-refractivity contribution < 1.29 is 33.3 Å². The molecule has 0 radical (unpaired) electrons. The molecule has 0 aliphatic carbocycles. The Balaban J connectivity index is 2.54. The topological polar surface area (TPSA) is 80.3 Å². The molecule has 0 atom stereocenters. The molecule has 2 aromatic rings. The fourth-order valence-electron chi connectivity index (χ4n) is 2.62. The average Bonchev–Trinajstić information content (AvgIpc) is 2.70. The summed E-state index contributed by atoms with van der Waals surface area (Å²) >= 11 is 0. The number of rotatable bonds is 8. The van der Waals surface area contributed by atoms with Crippen LogP contribution in [-0.2, 0) is 9.47 Å². The van der Waals surface area contributed by atoms with Crippen molar-refractivity contribution in [1.82, 2.24) is 0 Å². The standard InChI is InChI=1S/C21H26O7/c1-5-12-25-20(22)27-17-14(4)18(24-7-3)19(28-21(23)26-13-6-2)16-11-9-8-10-15(16)17/h8-11H,5-7,12-13H2,1-4H3. The van der Waals surface area contributed by atoms with Crippen molar-refractivity contribution in [3.63, 3.8) is 0 Å². The Hall–Kier alpha value is -2.96. The molecule has 28 heavy (non-hydrogen) atoms. The van der Waals surface area contributed by atoms with Crippen LogP contribution < -0.4 is 14.2 Å². The molecule has 2 rings (SSSR count). The first-order valence-corrected chi connectivity index (χ1v) is 9.40. The molecule has 7 heteroatoms. The molecule has 0 aromatic heterocycles. The lowest BCUT2D eigenvalue weighted by Crippen LogP contribution is -2.15. The summed E-state index contributed by atoms with van der Waals surface area (Å²) in [5.41, 5.74) is 0.521. The number of fused-ring (bicyclic) bond motifs is 1. The third kappa shape index (κ3) is 5.06. The third-order valence-corrected chi connectivity index (χ3v) is 3.81. The summed E-state index contributed by atoms with van der Waals surface area (Å²) in [5, 5.41) is 1.15. The molecule has 0 saturated heterocycles. The number of hydrogen-bond acceptors (Lipinski definition) is 7. The van der Waals surface area contributed by atoms with Gasteiger partial charge in [-0.3, -0.25) is 0 Å². The second-order valence-corrected chi connectivity index (χ2v) is 5.99. The summed E-state index contributed by atoms with van der Waals surface area (Å²) in [6, 6.07) is 7.11. The Bertz CT molecular complexity index is 829. The minimum atomic E-state index is -0.816. The predicted molar refractivity (Wildman–Crippen MR) is 104 cm³/mol. The van der Waals surface area contributed by atoms with E-state index in [1.807, 2.05) is 20.8 Å². The maximum Gasteiger partial charge on any atom is 0.513 e. The van der Waals surface area contributed by atoms with E-state index in [9.17, 15) is 9.59 Å². The molecular weight excluding hydrogens is 364 g/mol. The van der Waals surface area contributed by atoms with Gasteiger partial charge in [0, 0.05) is 16.3 Å². The van der Waals surface area contributed by atoms with Crippen LogP contribution in [0.5, 0.6) is 17.2 Å². The highest BCUT2D eigenvalue weighted by Crippen LogP contribution is 2.45. The van der Waals surface area contributed by atoms with Crippen molar-refractivity contribution in [3.8, 4) is 17.2 Å². The molecule has 0 spiro atoms. The summed E-state index contributed by atoms with van der Waals surface area (Å²) in [6.07, 6.45) is -0.247. The average molecular weight is 390 g/mol. The summed E-state index contributed by atoms with van der Waals surface area (Å²) < 4.78 is 26.7. The van der Waals surface area contributed by atoms with E-state index in [-0.39, 0.29) is 19.0 Å². The zero-order valence-electron chi connectivity index (χ0n) is 16.7. The van der Waals surface area contributed by atoms with Crippen LogP contribution in [0.2, 0.25) is 0 Å². The van der Waals surface area contributed by atoms with Crippen molar-refractivity contribution in [1.29, 1.82) is 0 Å². The van der Waals surface area contributed by atoms with Crippen molar-refractivity contribution in [2.75, 3.05) is 19.8 Å². The first kappa shape index (κ1) is 21.3. The molecule has 0 N–H and O–H groups in total. The van der Waals surface area contributed by atoms with Crippen LogP contribution >= 0.6 is 0 Å². The van der Waals surface area contributed by atoms with Crippen LogP contribution in [0.1, 0.15) is 39.2 Å². The van der Waals surface area contributed by atoms with Gasteiger partial charge in [0.15, 0.2) is 11.5 Å². The van der Waals surface area contributed by atoms with Gasteiger partial charge in [0.1, 0.15) is 5.75 Å². The summed E-state index contributed by atoms with van der Waals surface area (Å²) in [4.78, 5) is 24.1. The molecule has 0 fully saturated rings. The zero-order chi connectivity index (χ0) is 20.5. The highest BCUT2D eigenvalue weighted by molar-refractivity contribution is 5.99. The van der Waals surface area contributed by atoms with E-state index in [2.05, 4.69) is 0 Å². The Labute approximate surface area is 164 Å². The quantitative estimate of drug-likeness (QED) is 0.441. The van der Waals surface area contributed by atoms with E-state index in [0.29, 0.717) is 47.3 Å². The lowest BCUT2D eigenvalue weighted by atomic mass is 10.0. The first-order chi connectivity index (χ1) is 13.5. The van der Waals surface area contributed by atoms with Gasteiger partial charge in [-0.25, -0.2) is 9.59 Å². The molecule has 0 heterocycles. The molecule has 0 bridgehead atoms. The van der Waals surface area contributed by atoms with Gasteiger partial charge < -0.3 is 23.7 Å². The molecule has 152 valence electrons. The van der Waals surface area contributed by atoms with Gasteiger partial charge in [-0.1, -0.05) is 38.1 Å². The molecule has 7 nitrogen and oxygen atoms in total. The smallest absolute Gasteiger partial charge is 0.490 e. The number of ether oxygens (including phenoxy) is 5. The van der Waals surface area contributed by atoms with Gasteiger partial charge >= 0.3 is 12.3 Å². The Morgan fingerprint density at radius 1 is 0.786 bits per heavy atom. The summed E-state index contributed by atoms with van der Waals surface area (Å²) in [6.45, 7) is 8.17. The van der Waals surface area contributed by atoms with Gasteiger partial charge in [0.25, 0.3) is 0 Å². The van der Waals surface area contributed by atoms with Crippen molar-refractivity contribution in [2.24, 2.45) is 0 Å². The molecule has 0 saturated carbocycles. The lowest BCUT2D eigenvalue weighted by Gasteiger charge is -2.19. The van der Waals surface area contributed by atoms with Crippen LogP contribution in [0.4, 0.5) is 9.59 Å². The third-order valence-electron chi connectivity index (χ3n) is 3.81. The predicted octanol–water partition coefficient (Wildman–Crippen LogP) is 5.40. The Morgan fingerprint density at radius 2 is 1.29 bits per heavy atom. The molecule has 0 aliphatic heterocycles. The number of hydrogen-bond donors (Lipinski definition) is 0. The number of carbonyl (C=O) groups is 2. The van der Waals surface area contributed by atoms with Gasteiger partial charge in [-0.15, -0.1) is 0 Å². The Kier molecular flexibility index (Phi) is 7.92. The number of benzene rings is 2. The SMILES string of the molecule is CCCOC(=O)Oc1c(C)c(OCC)c(OC(=O)OCCC)c2ccccc12. The second kappa shape index (κ2) is 10.4. The van der Waals surface area contributed by atoms with Gasteiger partial charge in [0.2, 0.25) is 0 Å². The van der Waals surface area contributed by atoms with E-state index in [1.165, 1.54) is 0 Å². The monoisotopic (exact) mass is 390 g/mol. The van der Waals surface area contributed by atoms with Crippen LogP contribution in [0, 0.1) is 6.92 Å². The van der Waals surface area contributed by atoms with E-state index in [1.54, 1.807) is 31.2 Å². The molecule has 0 unspecified atom stereocenters. The van der Waals surface area contributed by atoms with Crippen LogP contribution in [0.3, 0.4) is 0 Å². The van der Waals surface area contributed by atoms with Crippen molar-refractivity contribution >= 4 is 23.1 Å². The van der Waals surface area contributed by atoms with Crippen molar-refractivity contribution in [2.45, 2.75) is 40.5 Å². The lowest BCUT2D eigenvalue weighted by molar-refractivity contribution is 0.0963. The van der Waals surface area contributed by atoms with E-state index < -0.39 is 12.3 Å². The zero-order valence-corrected chi connectivity index (χ0v) is 16.7. The van der Waals surface area contributed by atoms with Gasteiger partial charge in [0.05, 0.1) is 19.8 Å². The minimum absolute atomic E-state index is 0.227. The number of carbonyl (C=O) groups excluding carboxylic acids is 2. The maximum atomic E-state index is 12.1. The Morgan fingerprint density at radius 3 is 1.79 bits per heavy atom. The fraction of sp³-hybridized carbons (Fsp3) is 0.429. The normalized spacial score (nSPS) is 10.4.